The van der Waals surface area contributed by atoms with Crippen LogP contribution in [0.5, 0.6) is 11.5 Å². The van der Waals surface area contributed by atoms with E-state index in [2.05, 4.69) is 10.6 Å². The molecule has 0 radical (unpaired) electrons. The van der Waals surface area contributed by atoms with E-state index in [0.717, 1.165) is 5.75 Å². The molecule has 0 aliphatic heterocycles. The van der Waals surface area contributed by atoms with Crippen molar-refractivity contribution in [3.05, 3.63) is 84.4 Å². The lowest BCUT2D eigenvalue weighted by Crippen LogP contribution is -2.32. The van der Waals surface area contributed by atoms with Crippen molar-refractivity contribution in [2.45, 2.75) is 19.4 Å². The Labute approximate surface area is 175 Å². The molecule has 0 aromatic heterocycles. The highest BCUT2D eigenvalue weighted by atomic mass is 16.5. The van der Waals surface area contributed by atoms with Crippen molar-refractivity contribution in [3.63, 3.8) is 0 Å². The molecule has 0 bridgehead atoms. The number of ether oxygens (including phenoxy) is 2. The highest BCUT2D eigenvalue weighted by Crippen LogP contribution is 2.18. The summed E-state index contributed by atoms with van der Waals surface area (Å²) < 4.78 is 10.9. The van der Waals surface area contributed by atoms with Crippen LogP contribution in [-0.4, -0.2) is 25.0 Å². The topological polar surface area (TPSA) is 76.7 Å². The highest BCUT2D eigenvalue weighted by molar-refractivity contribution is 6.04. The van der Waals surface area contributed by atoms with Gasteiger partial charge >= 0.3 is 0 Å². The largest absolute Gasteiger partial charge is 0.497 e. The Hall–Kier alpha value is -3.80. The monoisotopic (exact) mass is 404 g/mol. The molecule has 2 amide bonds. The maximum Gasteiger partial charge on any atom is 0.265 e. The Morgan fingerprint density at radius 2 is 1.40 bits per heavy atom. The van der Waals surface area contributed by atoms with Crippen LogP contribution in [0.2, 0.25) is 0 Å². The lowest BCUT2D eigenvalue weighted by molar-refractivity contribution is -0.122. The maximum absolute atomic E-state index is 12.5. The normalized spacial score (nSPS) is 11.3. The summed E-state index contributed by atoms with van der Waals surface area (Å²) in [5.41, 5.74) is 1.74. The summed E-state index contributed by atoms with van der Waals surface area (Å²) in [4.78, 5) is 24.9. The second-order valence-electron chi connectivity index (χ2n) is 6.58. The van der Waals surface area contributed by atoms with E-state index in [1.165, 1.54) is 0 Å². The number of methoxy groups -OCH3 is 1. The zero-order valence-corrected chi connectivity index (χ0v) is 16.9. The molecule has 0 unspecified atom stereocenters. The number of hydrogen-bond donors (Lipinski definition) is 2. The smallest absolute Gasteiger partial charge is 0.265 e. The van der Waals surface area contributed by atoms with Crippen LogP contribution in [-0.2, 0) is 4.79 Å². The fourth-order valence-electron chi connectivity index (χ4n) is 2.79. The van der Waals surface area contributed by atoms with E-state index >= 15 is 0 Å². The van der Waals surface area contributed by atoms with Crippen molar-refractivity contribution < 1.29 is 19.1 Å². The molecule has 0 aliphatic carbocycles. The number of benzene rings is 3. The molecule has 0 heterocycles. The van der Waals surface area contributed by atoms with Crippen LogP contribution in [0.3, 0.4) is 0 Å². The number of nitrogens with one attached hydrogen (secondary N) is 2. The van der Waals surface area contributed by atoms with E-state index in [4.69, 9.17) is 9.47 Å². The van der Waals surface area contributed by atoms with Crippen LogP contribution >= 0.6 is 0 Å². The number of para-hydroxylation sites is 1. The van der Waals surface area contributed by atoms with Gasteiger partial charge in [0.25, 0.3) is 11.8 Å². The molecule has 0 fully saturated rings. The van der Waals surface area contributed by atoms with Gasteiger partial charge in [0, 0.05) is 16.9 Å². The number of carbonyl (C=O) groups excluding carboxylic acids is 2. The van der Waals surface area contributed by atoms with Crippen LogP contribution in [0.1, 0.15) is 23.7 Å². The van der Waals surface area contributed by atoms with Gasteiger partial charge in [0.2, 0.25) is 0 Å². The summed E-state index contributed by atoms with van der Waals surface area (Å²) in [5, 5.41) is 5.65. The van der Waals surface area contributed by atoms with E-state index in [1.54, 1.807) is 55.6 Å². The minimum absolute atomic E-state index is 0.239. The molecule has 154 valence electrons. The third-order valence-corrected chi connectivity index (χ3v) is 4.45. The zero-order valence-electron chi connectivity index (χ0n) is 16.9. The molecular formula is C24H24N2O4. The number of hydrogen-bond acceptors (Lipinski definition) is 4. The number of carbonyl (C=O) groups is 2. The van der Waals surface area contributed by atoms with Crippen LogP contribution < -0.4 is 20.1 Å². The van der Waals surface area contributed by atoms with E-state index in [-0.39, 0.29) is 11.8 Å². The first-order chi connectivity index (χ1) is 14.6. The highest BCUT2D eigenvalue weighted by Gasteiger charge is 2.18. The first kappa shape index (κ1) is 20.9. The van der Waals surface area contributed by atoms with Gasteiger partial charge in [-0.05, 0) is 67.1 Å². The van der Waals surface area contributed by atoms with Crippen molar-refractivity contribution in [2.75, 3.05) is 17.7 Å². The summed E-state index contributed by atoms with van der Waals surface area (Å²) >= 11 is 0. The Balaban J connectivity index is 1.58. The second-order valence-corrected chi connectivity index (χ2v) is 6.58. The molecule has 3 rings (SSSR count). The molecule has 2 N–H and O–H groups in total. The quantitative estimate of drug-likeness (QED) is 0.568. The minimum Gasteiger partial charge on any atom is -0.497 e. The molecule has 0 saturated carbocycles. The van der Waals surface area contributed by atoms with Gasteiger partial charge in [0.05, 0.1) is 7.11 Å². The van der Waals surface area contributed by atoms with E-state index in [0.29, 0.717) is 29.1 Å². The van der Waals surface area contributed by atoms with Gasteiger partial charge in [0.15, 0.2) is 6.10 Å². The minimum atomic E-state index is -0.606. The average Bonchev–Trinajstić information content (AvgIpc) is 2.79. The predicted octanol–water partition coefficient (Wildman–Crippen LogP) is 4.74. The molecule has 0 spiro atoms. The van der Waals surface area contributed by atoms with Crippen LogP contribution in [0, 0.1) is 0 Å². The summed E-state index contributed by atoms with van der Waals surface area (Å²) in [6.45, 7) is 1.89. The zero-order chi connectivity index (χ0) is 21.3. The Morgan fingerprint density at radius 3 is 2.00 bits per heavy atom. The SMILES string of the molecule is CC[C@H](Oc1ccccc1)C(=O)Nc1ccc(C(=O)Nc2ccc(OC)cc2)cc1. The van der Waals surface area contributed by atoms with Gasteiger partial charge in [-0.3, -0.25) is 9.59 Å². The Bertz CT molecular complexity index is 970. The Kier molecular flexibility index (Phi) is 7.05. The molecule has 1 atom stereocenters. The molecule has 6 heteroatoms. The van der Waals surface area contributed by atoms with Gasteiger partial charge < -0.3 is 20.1 Å². The lowest BCUT2D eigenvalue weighted by Gasteiger charge is -2.17. The standard InChI is InChI=1S/C24H24N2O4/c1-3-22(30-21-7-5-4-6-8-21)24(28)26-18-11-9-17(10-12-18)23(27)25-19-13-15-20(29-2)16-14-19/h4-16,22H,3H2,1-2H3,(H,25,27)(H,26,28)/t22-/m0/s1. The maximum atomic E-state index is 12.5. The van der Waals surface area contributed by atoms with Crippen molar-refractivity contribution in [1.82, 2.24) is 0 Å². The lowest BCUT2D eigenvalue weighted by atomic mass is 10.1. The summed E-state index contributed by atoms with van der Waals surface area (Å²) in [6.07, 6.45) is -0.0752. The molecule has 0 aliphatic rings. The van der Waals surface area contributed by atoms with Crippen molar-refractivity contribution >= 4 is 23.2 Å². The van der Waals surface area contributed by atoms with Crippen molar-refractivity contribution in [3.8, 4) is 11.5 Å². The summed E-state index contributed by atoms with van der Waals surface area (Å²) in [7, 11) is 1.59. The first-order valence-electron chi connectivity index (χ1n) is 9.67. The molecule has 3 aromatic carbocycles. The molecular weight excluding hydrogens is 380 g/mol. The fourth-order valence-corrected chi connectivity index (χ4v) is 2.79. The van der Waals surface area contributed by atoms with Crippen molar-refractivity contribution in [1.29, 1.82) is 0 Å². The summed E-state index contributed by atoms with van der Waals surface area (Å²) in [5.74, 6) is 0.883. The van der Waals surface area contributed by atoms with Crippen LogP contribution in [0.25, 0.3) is 0 Å². The van der Waals surface area contributed by atoms with Crippen LogP contribution in [0.4, 0.5) is 11.4 Å². The van der Waals surface area contributed by atoms with E-state index in [1.807, 2.05) is 37.3 Å². The van der Waals surface area contributed by atoms with Crippen molar-refractivity contribution in [2.24, 2.45) is 0 Å². The molecule has 30 heavy (non-hydrogen) atoms. The number of anilines is 2. The van der Waals surface area contributed by atoms with Gasteiger partial charge in [-0.2, -0.15) is 0 Å². The molecule has 6 nitrogen and oxygen atoms in total. The summed E-state index contributed by atoms with van der Waals surface area (Å²) in [6, 6.07) is 23.0. The second kappa shape index (κ2) is 10.1. The Morgan fingerprint density at radius 1 is 0.800 bits per heavy atom. The third kappa shape index (κ3) is 5.61. The van der Waals surface area contributed by atoms with Crippen LogP contribution in [0.15, 0.2) is 78.9 Å². The average molecular weight is 404 g/mol. The van der Waals surface area contributed by atoms with Gasteiger partial charge in [0.1, 0.15) is 11.5 Å². The first-order valence-corrected chi connectivity index (χ1v) is 9.67. The number of rotatable bonds is 8. The third-order valence-electron chi connectivity index (χ3n) is 4.45. The van der Waals surface area contributed by atoms with E-state index in [9.17, 15) is 9.59 Å². The van der Waals surface area contributed by atoms with Gasteiger partial charge in [-0.15, -0.1) is 0 Å². The van der Waals surface area contributed by atoms with E-state index < -0.39 is 6.10 Å². The predicted molar refractivity (Wildman–Crippen MR) is 117 cm³/mol. The molecule has 3 aromatic rings. The molecule has 0 saturated heterocycles. The van der Waals surface area contributed by atoms with Gasteiger partial charge in [-0.1, -0.05) is 25.1 Å². The number of amides is 2. The van der Waals surface area contributed by atoms with Gasteiger partial charge in [-0.25, -0.2) is 0 Å². The fraction of sp³-hybridized carbons (Fsp3) is 0.167.